The van der Waals surface area contributed by atoms with E-state index < -0.39 is 0 Å². The van der Waals surface area contributed by atoms with E-state index in [9.17, 15) is 5.11 Å². The Morgan fingerprint density at radius 2 is 1.83 bits per heavy atom. The molecule has 1 saturated heterocycles. The van der Waals surface area contributed by atoms with E-state index >= 15 is 0 Å². The van der Waals surface area contributed by atoms with Crippen molar-refractivity contribution in [2.75, 3.05) is 19.6 Å². The topological polar surface area (TPSA) is 23.5 Å². The minimum Gasteiger partial charge on any atom is -0.387 e. The largest absolute Gasteiger partial charge is 0.387 e. The van der Waals surface area contributed by atoms with Crippen molar-refractivity contribution >= 4 is 0 Å². The maximum atomic E-state index is 10.0. The van der Waals surface area contributed by atoms with Crippen LogP contribution in [0.4, 0.5) is 0 Å². The summed E-state index contributed by atoms with van der Waals surface area (Å²) in [5.74, 6) is 1.64. The van der Waals surface area contributed by atoms with Crippen LogP contribution in [0, 0.1) is 11.8 Å². The highest BCUT2D eigenvalue weighted by molar-refractivity contribution is 5.05. The maximum Gasteiger partial charge on any atom is 0.0928 e. The van der Waals surface area contributed by atoms with Gasteiger partial charge in [-0.3, -0.25) is 4.90 Å². The summed E-state index contributed by atoms with van der Waals surface area (Å²) >= 11 is 0. The molecule has 0 aromatic carbocycles. The van der Waals surface area contributed by atoms with E-state index in [1.54, 1.807) is 0 Å². The molecule has 12 heavy (non-hydrogen) atoms. The molecule has 0 aromatic heterocycles. The zero-order valence-electron chi connectivity index (χ0n) is 7.50. The Hall–Kier alpha value is -0.0800. The Balaban J connectivity index is 1.49. The summed E-state index contributed by atoms with van der Waals surface area (Å²) in [7, 11) is 0. The minimum absolute atomic E-state index is 0.255. The number of hydrogen-bond acceptors (Lipinski definition) is 2. The molecule has 3 fully saturated rings. The Labute approximate surface area is 73.6 Å². The molecular weight excluding hydrogens is 150 g/mol. The van der Waals surface area contributed by atoms with Crippen LogP contribution >= 0.6 is 0 Å². The van der Waals surface area contributed by atoms with Gasteiger partial charge in [0.25, 0.3) is 0 Å². The maximum absolute atomic E-state index is 10.0. The molecular formula is C10H17NO. The summed E-state index contributed by atoms with van der Waals surface area (Å²) in [6.45, 7) is 3.19. The standard InChI is InChI=1S/C10H17NO/c12-10(9-3-4-9)6-11(7-10)5-8-1-2-8/h8-9,12H,1-7H2. The Morgan fingerprint density at radius 1 is 1.17 bits per heavy atom. The lowest BCUT2D eigenvalue weighted by molar-refractivity contribution is -0.114. The normalized spacial score (nSPS) is 34.8. The Bertz CT molecular complexity index is 190. The lowest BCUT2D eigenvalue weighted by Gasteiger charge is -2.47. The third-order valence-corrected chi connectivity index (χ3v) is 3.55. The fourth-order valence-corrected chi connectivity index (χ4v) is 2.40. The van der Waals surface area contributed by atoms with Crippen molar-refractivity contribution in [2.24, 2.45) is 11.8 Å². The van der Waals surface area contributed by atoms with E-state index in [2.05, 4.69) is 4.90 Å². The first kappa shape index (κ1) is 7.34. The number of likely N-dealkylation sites (tertiary alicyclic amines) is 1. The number of hydrogen-bond donors (Lipinski definition) is 1. The molecule has 0 atom stereocenters. The summed E-state index contributed by atoms with van der Waals surface area (Å²) in [6, 6.07) is 0. The van der Waals surface area contributed by atoms with Crippen LogP contribution in [0.3, 0.4) is 0 Å². The highest BCUT2D eigenvalue weighted by Gasteiger charge is 2.52. The quantitative estimate of drug-likeness (QED) is 0.673. The molecule has 0 unspecified atom stereocenters. The highest BCUT2D eigenvalue weighted by atomic mass is 16.3. The predicted octanol–water partition coefficient (Wildman–Crippen LogP) is 0.853. The first-order valence-corrected chi connectivity index (χ1v) is 5.21. The first-order valence-electron chi connectivity index (χ1n) is 5.21. The van der Waals surface area contributed by atoms with Gasteiger partial charge >= 0.3 is 0 Å². The van der Waals surface area contributed by atoms with Crippen molar-refractivity contribution in [2.45, 2.75) is 31.3 Å². The molecule has 0 spiro atoms. The second-order valence-electron chi connectivity index (χ2n) is 4.99. The monoisotopic (exact) mass is 167 g/mol. The smallest absolute Gasteiger partial charge is 0.0928 e. The van der Waals surface area contributed by atoms with Crippen LogP contribution in [0.25, 0.3) is 0 Å². The zero-order valence-corrected chi connectivity index (χ0v) is 7.50. The molecule has 3 rings (SSSR count). The summed E-state index contributed by atoms with van der Waals surface area (Å²) in [4.78, 5) is 2.43. The van der Waals surface area contributed by atoms with Crippen LogP contribution in [0.1, 0.15) is 25.7 Å². The van der Waals surface area contributed by atoms with Gasteiger partial charge in [-0.25, -0.2) is 0 Å². The molecule has 68 valence electrons. The SMILES string of the molecule is OC1(C2CC2)CN(CC2CC2)C1. The number of aliphatic hydroxyl groups is 1. The van der Waals surface area contributed by atoms with Gasteiger partial charge < -0.3 is 5.11 Å². The van der Waals surface area contributed by atoms with Crippen LogP contribution in [0.2, 0.25) is 0 Å². The number of rotatable bonds is 3. The molecule has 0 aromatic rings. The van der Waals surface area contributed by atoms with Gasteiger partial charge in [0.1, 0.15) is 0 Å². The Morgan fingerprint density at radius 3 is 2.33 bits per heavy atom. The molecule has 1 N–H and O–H groups in total. The molecule has 1 heterocycles. The average Bonchev–Trinajstić information content (AvgIpc) is 2.81. The number of β-amino-alcohol motifs (C(OH)–C–C–N with tert-alkyl or cyclic N) is 1. The second-order valence-corrected chi connectivity index (χ2v) is 4.99. The van der Waals surface area contributed by atoms with Crippen LogP contribution in [0.5, 0.6) is 0 Å². The fourth-order valence-electron chi connectivity index (χ4n) is 2.40. The zero-order chi connectivity index (χ0) is 8.18. The van der Waals surface area contributed by atoms with Gasteiger partial charge in [-0.1, -0.05) is 0 Å². The van der Waals surface area contributed by atoms with Crippen LogP contribution in [0.15, 0.2) is 0 Å². The Kier molecular flexibility index (Phi) is 1.37. The van der Waals surface area contributed by atoms with Gasteiger partial charge in [0.2, 0.25) is 0 Å². The number of nitrogens with zero attached hydrogens (tertiary/aromatic N) is 1. The van der Waals surface area contributed by atoms with Crippen molar-refractivity contribution in [3.05, 3.63) is 0 Å². The molecule has 2 aliphatic carbocycles. The molecule has 0 bridgehead atoms. The lowest BCUT2D eigenvalue weighted by Crippen LogP contribution is -2.63. The van der Waals surface area contributed by atoms with Gasteiger partial charge in [-0.2, -0.15) is 0 Å². The van der Waals surface area contributed by atoms with Crippen molar-refractivity contribution < 1.29 is 5.11 Å². The summed E-state index contributed by atoms with van der Waals surface area (Å²) in [6.07, 6.45) is 5.40. The van der Waals surface area contributed by atoms with Gasteiger partial charge in [-0.15, -0.1) is 0 Å². The third-order valence-electron chi connectivity index (χ3n) is 3.55. The molecule has 1 aliphatic heterocycles. The predicted molar refractivity (Wildman–Crippen MR) is 46.8 cm³/mol. The van der Waals surface area contributed by atoms with E-state index in [0.717, 1.165) is 19.0 Å². The van der Waals surface area contributed by atoms with Crippen molar-refractivity contribution in [3.63, 3.8) is 0 Å². The molecule has 3 aliphatic rings. The van der Waals surface area contributed by atoms with E-state index in [0.29, 0.717) is 5.92 Å². The minimum atomic E-state index is -0.255. The van der Waals surface area contributed by atoms with Crippen LogP contribution < -0.4 is 0 Å². The van der Waals surface area contributed by atoms with Crippen molar-refractivity contribution in [3.8, 4) is 0 Å². The van der Waals surface area contributed by atoms with E-state index in [1.165, 1.54) is 32.2 Å². The molecule has 2 saturated carbocycles. The lowest BCUT2D eigenvalue weighted by atomic mass is 9.88. The van der Waals surface area contributed by atoms with Gasteiger partial charge in [0.05, 0.1) is 5.60 Å². The van der Waals surface area contributed by atoms with Crippen LogP contribution in [-0.4, -0.2) is 35.2 Å². The van der Waals surface area contributed by atoms with Gasteiger partial charge in [0, 0.05) is 19.6 Å². The molecule has 0 amide bonds. The van der Waals surface area contributed by atoms with E-state index in [1.807, 2.05) is 0 Å². The van der Waals surface area contributed by atoms with Gasteiger partial charge in [0.15, 0.2) is 0 Å². The van der Waals surface area contributed by atoms with Crippen molar-refractivity contribution in [1.29, 1.82) is 0 Å². The summed E-state index contributed by atoms with van der Waals surface area (Å²) in [5.41, 5.74) is -0.255. The third kappa shape index (κ3) is 1.17. The molecule has 0 radical (unpaired) electrons. The summed E-state index contributed by atoms with van der Waals surface area (Å²) < 4.78 is 0. The summed E-state index contributed by atoms with van der Waals surface area (Å²) in [5, 5.41) is 10.0. The van der Waals surface area contributed by atoms with Gasteiger partial charge in [-0.05, 0) is 37.5 Å². The van der Waals surface area contributed by atoms with E-state index in [4.69, 9.17) is 0 Å². The molecule has 2 heteroatoms. The highest BCUT2D eigenvalue weighted by Crippen LogP contribution is 2.45. The fraction of sp³-hybridized carbons (Fsp3) is 1.00. The average molecular weight is 167 g/mol. The first-order chi connectivity index (χ1) is 5.76. The molecule has 2 nitrogen and oxygen atoms in total. The second kappa shape index (κ2) is 2.24. The van der Waals surface area contributed by atoms with Crippen LogP contribution in [-0.2, 0) is 0 Å². The van der Waals surface area contributed by atoms with E-state index in [-0.39, 0.29) is 5.60 Å². The van der Waals surface area contributed by atoms with Crippen molar-refractivity contribution in [1.82, 2.24) is 4.90 Å².